The van der Waals surface area contributed by atoms with Crippen molar-refractivity contribution in [3.8, 4) is 11.3 Å². The molecule has 0 N–H and O–H groups in total. The molecule has 77 valence electrons. The highest BCUT2D eigenvalue weighted by atomic mass is 32.2. The molecule has 0 saturated heterocycles. The predicted octanol–water partition coefficient (Wildman–Crippen LogP) is 2.01. The first-order valence-electron chi connectivity index (χ1n) is 4.18. The third-order valence-corrected chi connectivity index (χ3v) is 3.61. The summed E-state index contributed by atoms with van der Waals surface area (Å²) in [7, 11) is -3.16. The number of rotatable bonds is 2. The van der Waals surface area contributed by atoms with Crippen molar-refractivity contribution in [2.75, 3.05) is 6.26 Å². The molecule has 15 heavy (non-hydrogen) atoms. The Morgan fingerprint density at radius 2 is 2.27 bits per heavy atom. The van der Waals surface area contributed by atoms with Crippen molar-refractivity contribution < 1.29 is 8.42 Å². The predicted molar refractivity (Wildman–Crippen MR) is 59.5 cm³/mol. The summed E-state index contributed by atoms with van der Waals surface area (Å²) in [5.41, 5.74) is 3.17. The van der Waals surface area contributed by atoms with E-state index in [1.165, 1.54) is 23.7 Å². The molecule has 1 radical (unpaired) electrons. The molecule has 0 bridgehead atoms. The Morgan fingerprint density at radius 1 is 1.47 bits per heavy atom. The van der Waals surface area contributed by atoms with Gasteiger partial charge in [-0.3, -0.25) is 0 Å². The quantitative estimate of drug-likeness (QED) is 0.804. The molecule has 1 aromatic carbocycles. The fourth-order valence-electron chi connectivity index (χ4n) is 1.17. The average molecular weight is 238 g/mol. The Morgan fingerprint density at radius 3 is 2.87 bits per heavy atom. The molecule has 2 aromatic rings. The summed E-state index contributed by atoms with van der Waals surface area (Å²) in [5.74, 6) is 0. The summed E-state index contributed by atoms with van der Waals surface area (Å²) < 4.78 is 22.6. The van der Waals surface area contributed by atoms with Crippen LogP contribution < -0.4 is 0 Å². The van der Waals surface area contributed by atoms with E-state index in [9.17, 15) is 8.42 Å². The van der Waals surface area contributed by atoms with Gasteiger partial charge >= 0.3 is 0 Å². The Balaban J connectivity index is 2.53. The smallest absolute Gasteiger partial charge is 0.175 e. The summed E-state index contributed by atoms with van der Waals surface area (Å²) in [5, 5.41) is 1.86. The van der Waals surface area contributed by atoms with E-state index in [1.54, 1.807) is 17.6 Å². The normalized spacial score (nSPS) is 11.5. The SMILES string of the molecule is CS(=O)(=O)c1cc[c]c(-c2cscn2)c1. The molecule has 3 nitrogen and oxygen atoms in total. The number of benzene rings is 1. The van der Waals surface area contributed by atoms with Crippen LogP contribution in [-0.4, -0.2) is 19.7 Å². The standard InChI is InChI=1S/C10H8NO2S2/c1-15(12,13)9-4-2-3-8(5-9)10-6-14-7-11-10/h2,4-7H,1H3. The third-order valence-electron chi connectivity index (χ3n) is 1.91. The summed E-state index contributed by atoms with van der Waals surface area (Å²) in [6, 6.07) is 7.69. The zero-order valence-corrected chi connectivity index (χ0v) is 9.60. The van der Waals surface area contributed by atoms with Gasteiger partial charge in [-0.1, -0.05) is 6.07 Å². The van der Waals surface area contributed by atoms with Crippen molar-refractivity contribution in [2.45, 2.75) is 4.90 Å². The molecular weight excluding hydrogens is 230 g/mol. The minimum absolute atomic E-state index is 0.296. The van der Waals surface area contributed by atoms with E-state index in [0.29, 0.717) is 10.5 Å². The maximum Gasteiger partial charge on any atom is 0.175 e. The second-order valence-electron chi connectivity index (χ2n) is 3.08. The summed E-state index contributed by atoms with van der Waals surface area (Å²) >= 11 is 1.47. The molecule has 0 amide bonds. The Hall–Kier alpha value is -1.20. The highest BCUT2D eigenvalue weighted by Gasteiger charge is 2.08. The third kappa shape index (κ3) is 2.24. The van der Waals surface area contributed by atoms with Crippen molar-refractivity contribution >= 4 is 21.2 Å². The van der Waals surface area contributed by atoms with E-state index in [0.717, 1.165) is 5.69 Å². The molecule has 2 rings (SSSR count). The Kier molecular flexibility index (Phi) is 2.58. The van der Waals surface area contributed by atoms with E-state index in [2.05, 4.69) is 11.1 Å². The van der Waals surface area contributed by atoms with Gasteiger partial charge in [-0.05, 0) is 18.2 Å². The molecular formula is C10H8NO2S2. The van der Waals surface area contributed by atoms with E-state index >= 15 is 0 Å². The maximum atomic E-state index is 11.3. The van der Waals surface area contributed by atoms with Gasteiger partial charge in [-0.15, -0.1) is 11.3 Å². The first-order chi connectivity index (χ1) is 7.07. The van der Waals surface area contributed by atoms with Crippen molar-refractivity contribution in [3.05, 3.63) is 35.2 Å². The van der Waals surface area contributed by atoms with Crippen LogP contribution in [-0.2, 0) is 9.84 Å². The van der Waals surface area contributed by atoms with E-state index in [4.69, 9.17) is 0 Å². The zero-order valence-electron chi connectivity index (χ0n) is 7.97. The summed E-state index contributed by atoms with van der Waals surface area (Å²) in [4.78, 5) is 4.40. The number of thiazole rings is 1. The summed E-state index contributed by atoms with van der Waals surface area (Å²) in [6.45, 7) is 0. The van der Waals surface area contributed by atoms with Gasteiger partial charge in [0.05, 0.1) is 16.1 Å². The van der Waals surface area contributed by atoms with Crippen LogP contribution in [0, 0.1) is 6.07 Å². The monoisotopic (exact) mass is 238 g/mol. The van der Waals surface area contributed by atoms with Gasteiger partial charge in [0.15, 0.2) is 9.84 Å². The Bertz CT molecular complexity index is 559. The average Bonchev–Trinajstić information content (AvgIpc) is 2.69. The van der Waals surface area contributed by atoms with Crippen LogP contribution in [0.3, 0.4) is 0 Å². The summed E-state index contributed by atoms with van der Waals surface area (Å²) in [6.07, 6.45) is 1.19. The van der Waals surface area contributed by atoms with Crippen molar-refractivity contribution in [2.24, 2.45) is 0 Å². The van der Waals surface area contributed by atoms with Crippen LogP contribution in [0.2, 0.25) is 0 Å². The topological polar surface area (TPSA) is 47.0 Å². The van der Waals surface area contributed by atoms with Crippen LogP contribution >= 0.6 is 11.3 Å². The molecule has 0 aliphatic heterocycles. The van der Waals surface area contributed by atoms with Crippen LogP contribution in [0.25, 0.3) is 11.3 Å². The molecule has 0 saturated carbocycles. The van der Waals surface area contributed by atoms with Crippen molar-refractivity contribution in [3.63, 3.8) is 0 Å². The van der Waals surface area contributed by atoms with Gasteiger partial charge in [0.2, 0.25) is 0 Å². The highest BCUT2D eigenvalue weighted by Crippen LogP contribution is 2.21. The van der Waals surface area contributed by atoms with Crippen LogP contribution in [0.4, 0.5) is 0 Å². The first-order valence-corrected chi connectivity index (χ1v) is 7.01. The van der Waals surface area contributed by atoms with Crippen LogP contribution in [0.1, 0.15) is 0 Å². The molecule has 0 fully saturated rings. The molecule has 0 spiro atoms. The highest BCUT2D eigenvalue weighted by molar-refractivity contribution is 7.90. The van der Waals surface area contributed by atoms with Gasteiger partial charge in [0, 0.05) is 17.2 Å². The number of hydrogen-bond acceptors (Lipinski definition) is 4. The lowest BCUT2D eigenvalue weighted by atomic mass is 10.2. The molecule has 1 heterocycles. The Labute approximate surface area is 92.3 Å². The van der Waals surface area contributed by atoms with E-state index in [1.807, 2.05) is 5.38 Å². The lowest BCUT2D eigenvalue weighted by molar-refractivity contribution is 0.602. The van der Waals surface area contributed by atoms with Gasteiger partial charge < -0.3 is 0 Å². The number of hydrogen-bond donors (Lipinski definition) is 0. The maximum absolute atomic E-state index is 11.3. The minimum Gasteiger partial charge on any atom is -0.245 e. The van der Waals surface area contributed by atoms with E-state index in [-0.39, 0.29) is 0 Å². The molecule has 0 aliphatic rings. The lowest BCUT2D eigenvalue weighted by Crippen LogP contribution is -1.96. The molecule has 0 unspecified atom stereocenters. The molecule has 0 atom stereocenters. The van der Waals surface area contributed by atoms with Gasteiger partial charge in [0.25, 0.3) is 0 Å². The second-order valence-corrected chi connectivity index (χ2v) is 5.82. The van der Waals surface area contributed by atoms with E-state index < -0.39 is 9.84 Å². The van der Waals surface area contributed by atoms with Gasteiger partial charge in [0.1, 0.15) is 0 Å². The fraction of sp³-hybridized carbons (Fsp3) is 0.100. The van der Waals surface area contributed by atoms with Crippen LogP contribution in [0.5, 0.6) is 0 Å². The second kappa shape index (κ2) is 3.75. The largest absolute Gasteiger partial charge is 0.245 e. The van der Waals surface area contributed by atoms with Gasteiger partial charge in [-0.2, -0.15) is 0 Å². The molecule has 0 aliphatic carbocycles. The fourth-order valence-corrected chi connectivity index (χ4v) is 2.37. The first kappa shape index (κ1) is 10.3. The minimum atomic E-state index is -3.16. The van der Waals surface area contributed by atoms with Crippen molar-refractivity contribution in [1.82, 2.24) is 4.98 Å². The molecule has 5 heteroatoms. The molecule has 1 aromatic heterocycles. The van der Waals surface area contributed by atoms with Crippen LogP contribution in [0.15, 0.2) is 34.0 Å². The number of aromatic nitrogens is 1. The van der Waals surface area contributed by atoms with Crippen molar-refractivity contribution in [1.29, 1.82) is 0 Å². The number of nitrogens with zero attached hydrogens (tertiary/aromatic N) is 1. The van der Waals surface area contributed by atoms with Gasteiger partial charge in [-0.25, -0.2) is 13.4 Å². The number of sulfone groups is 1. The zero-order chi connectivity index (χ0) is 10.9. The lowest BCUT2D eigenvalue weighted by Gasteiger charge is -2.00.